The van der Waals surface area contributed by atoms with E-state index in [0.29, 0.717) is 6.61 Å². The van der Waals surface area contributed by atoms with Crippen molar-refractivity contribution in [2.24, 2.45) is 7.05 Å². The van der Waals surface area contributed by atoms with Gasteiger partial charge in [0.15, 0.2) is 0 Å². The predicted octanol–water partition coefficient (Wildman–Crippen LogP) is 5.95. The van der Waals surface area contributed by atoms with Gasteiger partial charge in [-0.25, -0.2) is 4.98 Å². The first-order chi connectivity index (χ1) is 15.6. The SMILES string of the molecule is Cn1ccnc1C(CC(=O)O)c1ccc(OCc2ccc3c(c2)C(C)(C)CCC3(C)C)cc1. The second-order valence-electron chi connectivity index (χ2n) is 10.6. The van der Waals surface area contributed by atoms with Crippen LogP contribution in [0.3, 0.4) is 0 Å². The number of carbonyl (C=O) groups is 1. The van der Waals surface area contributed by atoms with Crippen LogP contribution in [0.25, 0.3) is 0 Å². The maximum atomic E-state index is 11.4. The monoisotopic (exact) mass is 446 g/mol. The summed E-state index contributed by atoms with van der Waals surface area (Å²) < 4.78 is 7.97. The first kappa shape index (κ1) is 23.1. The summed E-state index contributed by atoms with van der Waals surface area (Å²) in [6.45, 7) is 9.84. The van der Waals surface area contributed by atoms with Crippen molar-refractivity contribution in [1.29, 1.82) is 0 Å². The van der Waals surface area contributed by atoms with Crippen LogP contribution in [0.4, 0.5) is 0 Å². The molecule has 0 aliphatic heterocycles. The molecule has 1 heterocycles. The van der Waals surface area contributed by atoms with E-state index in [4.69, 9.17) is 4.74 Å². The van der Waals surface area contributed by atoms with E-state index in [2.05, 4.69) is 50.9 Å². The van der Waals surface area contributed by atoms with Gasteiger partial charge in [-0.05, 0) is 58.1 Å². The first-order valence-electron chi connectivity index (χ1n) is 11.6. The summed E-state index contributed by atoms with van der Waals surface area (Å²) in [6, 6.07) is 14.5. The molecule has 3 aromatic rings. The molecule has 4 rings (SSSR count). The Kier molecular flexibility index (Phi) is 6.08. The second kappa shape index (κ2) is 8.69. The van der Waals surface area contributed by atoms with Crippen molar-refractivity contribution in [2.45, 2.75) is 70.3 Å². The van der Waals surface area contributed by atoms with E-state index in [1.165, 1.54) is 29.5 Å². The zero-order valence-corrected chi connectivity index (χ0v) is 20.3. The number of ether oxygens (including phenoxy) is 1. The topological polar surface area (TPSA) is 64.4 Å². The lowest BCUT2D eigenvalue weighted by Gasteiger charge is -2.42. The lowest BCUT2D eigenvalue weighted by molar-refractivity contribution is -0.137. The van der Waals surface area contributed by atoms with Gasteiger partial charge >= 0.3 is 5.97 Å². The Balaban J connectivity index is 1.50. The molecule has 1 unspecified atom stereocenters. The van der Waals surface area contributed by atoms with Crippen LogP contribution in [0.1, 0.15) is 81.0 Å². The summed E-state index contributed by atoms with van der Waals surface area (Å²) >= 11 is 0. The largest absolute Gasteiger partial charge is 0.489 e. The number of aryl methyl sites for hydroxylation is 1. The highest BCUT2D eigenvalue weighted by molar-refractivity contribution is 5.68. The van der Waals surface area contributed by atoms with Crippen LogP contribution in [0.2, 0.25) is 0 Å². The van der Waals surface area contributed by atoms with Crippen molar-refractivity contribution in [3.63, 3.8) is 0 Å². The third-order valence-electron chi connectivity index (χ3n) is 7.15. The molecule has 0 bridgehead atoms. The Morgan fingerprint density at radius 2 is 1.73 bits per heavy atom. The number of aromatic nitrogens is 2. The summed E-state index contributed by atoms with van der Waals surface area (Å²) in [4.78, 5) is 15.8. The minimum absolute atomic E-state index is 0.00762. The Labute approximate surface area is 196 Å². The Morgan fingerprint density at radius 1 is 1.06 bits per heavy atom. The number of rotatable bonds is 7. The Morgan fingerprint density at radius 3 is 2.33 bits per heavy atom. The minimum Gasteiger partial charge on any atom is -0.489 e. The number of imidazole rings is 1. The molecule has 0 spiro atoms. The summed E-state index contributed by atoms with van der Waals surface area (Å²) in [5.74, 6) is 0.361. The molecule has 1 aliphatic carbocycles. The maximum absolute atomic E-state index is 11.4. The molecular weight excluding hydrogens is 412 g/mol. The van der Waals surface area contributed by atoms with E-state index in [1.807, 2.05) is 42.1 Å². The number of benzene rings is 2. The lowest BCUT2D eigenvalue weighted by atomic mass is 9.63. The highest BCUT2D eigenvalue weighted by Crippen LogP contribution is 2.46. The van der Waals surface area contributed by atoms with Crippen molar-refractivity contribution >= 4 is 5.97 Å². The standard InChI is InChI=1S/C28H34N2O3/c1-27(2)12-13-28(3,4)24-16-19(6-11-23(24)27)18-33-21-9-7-20(8-10-21)22(17-25(31)32)26-29-14-15-30(26)5/h6-11,14-16,22H,12-13,17-18H2,1-5H3,(H,31,32). The normalized spacial score (nSPS) is 17.2. The van der Waals surface area contributed by atoms with Gasteiger partial charge in [-0.3, -0.25) is 4.79 Å². The van der Waals surface area contributed by atoms with Gasteiger partial charge in [-0.2, -0.15) is 0 Å². The molecule has 0 amide bonds. The van der Waals surface area contributed by atoms with Gasteiger partial charge in [-0.1, -0.05) is 58.0 Å². The summed E-state index contributed by atoms with van der Waals surface area (Å²) in [5, 5.41) is 9.39. The maximum Gasteiger partial charge on any atom is 0.304 e. The smallest absolute Gasteiger partial charge is 0.304 e. The van der Waals surface area contributed by atoms with Crippen molar-refractivity contribution in [3.05, 3.63) is 82.9 Å². The number of fused-ring (bicyclic) bond motifs is 1. The van der Waals surface area contributed by atoms with E-state index < -0.39 is 5.97 Å². The molecule has 0 saturated heterocycles. The number of carboxylic acids is 1. The van der Waals surface area contributed by atoms with E-state index in [-0.39, 0.29) is 23.2 Å². The zero-order chi connectivity index (χ0) is 23.8. The van der Waals surface area contributed by atoms with Gasteiger partial charge < -0.3 is 14.4 Å². The van der Waals surface area contributed by atoms with Crippen LogP contribution < -0.4 is 4.74 Å². The summed E-state index contributed by atoms with van der Waals surface area (Å²) in [6.07, 6.45) is 5.92. The highest BCUT2D eigenvalue weighted by atomic mass is 16.5. The van der Waals surface area contributed by atoms with Gasteiger partial charge in [0, 0.05) is 19.4 Å². The number of hydrogen-bond acceptors (Lipinski definition) is 3. The molecule has 174 valence electrons. The van der Waals surface area contributed by atoms with Crippen molar-refractivity contribution in [2.75, 3.05) is 0 Å². The van der Waals surface area contributed by atoms with E-state index in [1.54, 1.807) is 6.20 Å². The predicted molar refractivity (Wildman–Crippen MR) is 130 cm³/mol. The third-order valence-corrected chi connectivity index (χ3v) is 7.15. The average molecular weight is 447 g/mol. The fourth-order valence-electron chi connectivity index (χ4n) is 4.93. The van der Waals surface area contributed by atoms with E-state index in [9.17, 15) is 9.90 Å². The van der Waals surface area contributed by atoms with Gasteiger partial charge in [-0.15, -0.1) is 0 Å². The Hall–Kier alpha value is -3.08. The minimum atomic E-state index is -0.846. The van der Waals surface area contributed by atoms with E-state index in [0.717, 1.165) is 17.1 Å². The molecule has 5 heteroatoms. The van der Waals surface area contributed by atoms with Crippen molar-refractivity contribution < 1.29 is 14.6 Å². The van der Waals surface area contributed by atoms with Gasteiger partial charge in [0.2, 0.25) is 0 Å². The lowest BCUT2D eigenvalue weighted by Crippen LogP contribution is -2.33. The number of nitrogens with zero attached hydrogens (tertiary/aromatic N) is 2. The summed E-state index contributed by atoms with van der Waals surface area (Å²) in [5.41, 5.74) is 5.34. The van der Waals surface area contributed by atoms with Crippen molar-refractivity contribution in [3.8, 4) is 5.75 Å². The molecule has 0 fully saturated rings. The zero-order valence-electron chi connectivity index (χ0n) is 20.3. The molecule has 5 nitrogen and oxygen atoms in total. The second-order valence-corrected chi connectivity index (χ2v) is 10.6. The molecule has 1 aliphatic rings. The van der Waals surface area contributed by atoms with Crippen LogP contribution in [-0.2, 0) is 29.3 Å². The van der Waals surface area contributed by atoms with Crippen LogP contribution in [0.15, 0.2) is 54.9 Å². The number of carboxylic acid groups (broad SMARTS) is 1. The molecule has 33 heavy (non-hydrogen) atoms. The van der Waals surface area contributed by atoms with Gasteiger partial charge in [0.25, 0.3) is 0 Å². The average Bonchev–Trinajstić information content (AvgIpc) is 3.20. The van der Waals surface area contributed by atoms with Crippen LogP contribution in [-0.4, -0.2) is 20.6 Å². The van der Waals surface area contributed by atoms with E-state index >= 15 is 0 Å². The fraction of sp³-hybridized carbons (Fsp3) is 0.429. The van der Waals surface area contributed by atoms with Crippen LogP contribution in [0.5, 0.6) is 5.75 Å². The third kappa shape index (κ3) is 4.82. The molecule has 0 radical (unpaired) electrons. The summed E-state index contributed by atoms with van der Waals surface area (Å²) in [7, 11) is 1.88. The number of aliphatic carboxylic acids is 1. The molecule has 1 atom stereocenters. The molecule has 2 aromatic carbocycles. The number of hydrogen-bond donors (Lipinski definition) is 1. The van der Waals surface area contributed by atoms with Crippen molar-refractivity contribution in [1.82, 2.24) is 9.55 Å². The molecule has 1 N–H and O–H groups in total. The quantitative estimate of drug-likeness (QED) is 0.487. The van der Waals surface area contributed by atoms with Crippen LogP contribution in [0, 0.1) is 0 Å². The van der Waals surface area contributed by atoms with Gasteiger partial charge in [0.1, 0.15) is 18.2 Å². The fourth-order valence-corrected chi connectivity index (χ4v) is 4.93. The Bertz CT molecular complexity index is 1140. The highest BCUT2D eigenvalue weighted by Gasteiger charge is 2.36. The first-order valence-corrected chi connectivity index (χ1v) is 11.6. The van der Waals surface area contributed by atoms with Gasteiger partial charge in [0.05, 0.1) is 12.3 Å². The molecular formula is C28H34N2O3. The molecule has 1 aromatic heterocycles. The molecule has 0 saturated carbocycles. The van der Waals surface area contributed by atoms with Crippen LogP contribution >= 0.6 is 0 Å².